The number of rotatable bonds is 5. The maximum atomic E-state index is 12.5. The smallest absolute Gasteiger partial charge is 0.265 e. The highest BCUT2D eigenvalue weighted by Gasteiger charge is 2.22. The Morgan fingerprint density at radius 1 is 1.21 bits per heavy atom. The first-order chi connectivity index (χ1) is 11.4. The summed E-state index contributed by atoms with van der Waals surface area (Å²) < 4.78 is 29.3. The molecular weight excluding hydrogens is 326 g/mol. The van der Waals surface area contributed by atoms with Gasteiger partial charge in [0.15, 0.2) is 0 Å². The van der Waals surface area contributed by atoms with Crippen molar-refractivity contribution < 1.29 is 8.42 Å². The molecule has 0 bridgehead atoms. The molecule has 0 atom stereocenters. The van der Waals surface area contributed by atoms with Crippen molar-refractivity contribution in [3.8, 4) is 0 Å². The minimum atomic E-state index is -3.70. The fraction of sp³-hybridized carbons (Fsp3) is 0.250. The molecule has 3 rings (SSSR count). The molecule has 0 aliphatic carbocycles. The molecule has 0 aliphatic heterocycles. The van der Waals surface area contributed by atoms with Gasteiger partial charge in [-0.1, -0.05) is 24.3 Å². The molecule has 7 nitrogen and oxygen atoms in total. The van der Waals surface area contributed by atoms with E-state index in [4.69, 9.17) is 0 Å². The van der Waals surface area contributed by atoms with Gasteiger partial charge in [-0.2, -0.15) is 10.2 Å². The highest BCUT2D eigenvalue weighted by molar-refractivity contribution is 7.92. The molecule has 0 saturated carbocycles. The summed E-state index contributed by atoms with van der Waals surface area (Å²) in [5, 5.41) is 10.8. The van der Waals surface area contributed by atoms with Gasteiger partial charge in [0.25, 0.3) is 10.0 Å². The third kappa shape index (κ3) is 3.18. The van der Waals surface area contributed by atoms with Crippen LogP contribution in [-0.2, 0) is 16.6 Å². The number of aryl methyl sites for hydroxylation is 3. The summed E-state index contributed by atoms with van der Waals surface area (Å²) >= 11 is 0. The summed E-state index contributed by atoms with van der Waals surface area (Å²) in [5.74, 6) is 0. The number of anilines is 1. The molecule has 3 aromatic rings. The molecule has 1 aromatic carbocycles. The number of nitrogens with one attached hydrogen (secondary N) is 2. The maximum absolute atomic E-state index is 12.5. The molecule has 24 heavy (non-hydrogen) atoms. The summed E-state index contributed by atoms with van der Waals surface area (Å²) in [4.78, 5) is 0.175. The van der Waals surface area contributed by atoms with Gasteiger partial charge in [-0.15, -0.1) is 0 Å². The van der Waals surface area contributed by atoms with E-state index in [0.717, 1.165) is 5.56 Å². The van der Waals surface area contributed by atoms with Crippen molar-refractivity contribution in [2.24, 2.45) is 0 Å². The number of hydrogen-bond donors (Lipinski definition) is 2. The Morgan fingerprint density at radius 2 is 1.96 bits per heavy atom. The van der Waals surface area contributed by atoms with Crippen molar-refractivity contribution in [2.75, 3.05) is 4.72 Å². The lowest BCUT2D eigenvalue weighted by Gasteiger charge is -2.06. The van der Waals surface area contributed by atoms with E-state index in [1.807, 2.05) is 31.2 Å². The molecule has 0 spiro atoms. The van der Waals surface area contributed by atoms with E-state index in [0.29, 0.717) is 23.6 Å². The van der Waals surface area contributed by atoms with Crippen molar-refractivity contribution >= 4 is 15.7 Å². The monoisotopic (exact) mass is 345 g/mol. The van der Waals surface area contributed by atoms with E-state index in [2.05, 4.69) is 20.0 Å². The number of sulfonamides is 1. The molecule has 2 heterocycles. The Kier molecular flexibility index (Phi) is 4.15. The zero-order chi connectivity index (χ0) is 17.3. The molecule has 2 N–H and O–H groups in total. The van der Waals surface area contributed by atoms with Crippen molar-refractivity contribution in [3.05, 3.63) is 59.2 Å². The van der Waals surface area contributed by atoms with Crippen molar-refractivity contribution in [3.63, 3.8) is 0 Å². The quantitative estimate of drug-likeness (QED) is 0.742. The van der Waals surface area contributed by atoms with Crippen LogP contribution in [0.2, 0.25) is 0 Å². The third-order valence-corrected chi connectivity index (χ3v) is 5.45. The van der Waals surface area contributed by atoms with E-state index in [1.165, 1.54) is 11.8 Å². The minimum Gasteiger partial charge on any atom is -0.281 e. The molecule has 8 heteroatoms. The number of aromatic amines is 1. The number of aromatic nitrogens is 4. The molecule has 0 unspecified atom stereocenters. The maximum Gasteiger partial charge on any atom is 0.265 e. The van der Waals surface area contributed by atoms with Gasteiger partial charge in [0.2, 0.25) is 0 Å². The van der Waals surface area contributed by atoms with Gasteiger partial charge in [-0.3, -0.25) is 14.5 Å². The number of hydrogen-bond acceptors (Lipinski definition) is 4. The standard InChI is InChI=1S/C16H19N5O2S/c1-11-6-4-5-7-14(11)9-21-10-15(8-17-21)20-24(22,23)16-12(2)18-19-13(16)3/h4-8,10,20H,9H2,1-3H3,(H,18,19). The number of H-pyrrole nitrogens is 1. The van der Waals surface area contributed by atoms with Crippen LogP contribution in [0, 0.1) is 20.8 Å². The van der Waals surface area contributed by atoms with Gasteiger partial charge in [0, 0.05) is 6.20 Å². The Balaban J connectivity index is 1.80. The van der Waals surface area contributed by atoms with E-state index in [-0.39, 0.29) is 4.90 Å². The normalized spacial score (nSPS) is 11.6. The Morgan fingerprint density at radius 3 is 2.62 bits per heavy atom. The van der Waals surface area contributed by atoms with Crippen molar-refractivity contribution in [1.29, 1.82) is 0 Å². The highest BCUT2D eigenvalue weighted by Crippen LogP contribution is 2.20. The lowest BCUT2D eigenvalue weighted by molar-refractivity contribution is 0.600. The van der Waals surface area contributed by atoms with Crippen molar-refractivity contribution in [1.82, 2.24) is 20.0 Å². The van der Waals surface area contributed by atoms with Crippen molar-refractivity contribution in [2.45, 2.75) is 32.2 Å². The van der Waals surface area contributed by atoms with Crippen LogP contribution in [0.4, 0.5) is 5.69 Å². The van der Waals surface area contributed by atoms with Crippen LogP contribution in [0.1, 0.15) is 22.5 Å². The second kappa shape index (κ2) is 6.12. The second-order valence-corrected chi connectivity index (χ2v) is 7.34. The largest absolute Gasteiger partial charge is 0.281 e. The first-order valence-corrected chi connectivity index (χ1v) is 8.96. The Hall–Kier alpha value is -2.61. The predicted octanol–water partition coefficient (Wildman–Crippen LogP) is 2.38. The molecule has 126 valence electrons. The fourth-order valence-electron chi connectivity index (χ4n) is 2.61. The summed E-state index contributed by atoms with van der Waals surface area (Å²) in [6.07, 6.45) is 3.18. The zero-order valence-corrected chi connectivity index (χ0v) is 14.6. The van der Waals surface area contributed by atoms with Crippen LogP contribution in [0.3, 0.4) is 0 Å². The molecule has 2 aromatic heterocycles. The lowest BCUT2D eigenvalue weighted by atomic mass is 10.1. The average Bonchev–Trinajstić information content (AvgIpc) is 3.08. The first kappa shape index (κ1) is 16.3. The summed E-state index contributed by atoms with van der Waals surface area (Å²) in [6.45, 7) is 5.95. The van der Waals surface area contributed by atoms with Gasteiger partial charge < -0.3 is 0 Å². The van der Waals surface area contributed by atoms with Gasteiger partial charge >= 0.3 is 0 Å². The molecule has 0 aliphatic rings. The van der Waals surface area contributed by atoms with Crippen LogP contribution in [0.15, 0.2) is 41.6 Å². The molecule has 0 radical (unpaired) electrons. The SMILES string of the molecule is Cc1ccccc1Cn1cc(NS(=O)(=O)c2c(C)n[nH]c2C)cn1. The highest BCUT2D eigenvalue weighted by atomic mass is 32.2. The van der Waals surface area contributed by atoms with E-state index >= 15 is 0 Å². The molecular formula is C16H19N5O2S. The van der Waals surface area contributed by atoms with Crippen LogP contribution >= 0.6 is 0 Å². The van der Waals surface area contributed by atoms with E-state index < -0.39 is 10.0 Å². The zero-order valence-electron chi connectivity index (χ0n) is 13.7. The van der Waals surface area contributed by atoms with Crippen LogP contribution < -0.4 is 4.72 Å². The summed E-state index contributed by atoms with van der Waals surface area (Å²) in [5.41, 5.74) is 3.67. The average molecular weight is 345 g/mol. The summed E-state index contributed by atoms with van der Waals surface area (Å²) in [6, 6.07) is 8.02. The van der Waals surface area contributed by atoms with Crippen LogP contribution in [-0.4, -0.2) is 28.4 Å². The molecule has 0 amide bonds. The Labute approximate surface area is 140 Å². The first-order valence-electron chi connectivity index (χ1n) is 7.48. The van der Waals surface area contributed by atoms with Gasteiger partial charge in [0.1, 0.15) is 4.90 Å². The molecule has 0 saturated heterocycles. The van der Waals surface area contributed by atoms with E-state index in [9.17, 15) is 8.42 Å². The molecule has 0 fully saturated rings. The predicted molar refractivity (Wildman–Crippen MR) is 91.4 cm³/mol. The number of benzene rings is 1. The second-order valence-electron chi connectivity index (χ2n) is 5.72. The number of nitrogens with zero attached hydrogens (tertiary/aromatic N) is 3. The third-order valence-electron chi connectivity index (χ3n) is 3.81. The Bertz CT molecular complexity index is 953. The minimum absolute atomic E-state index is 0.175. The fourth-order valence-corrected chi connectivity index (χ4v) is 4.01. The van der Waals surface area contributed by atoms with E-state index in [1.54, 1.807) is 24.7 Å². The van der Waals surface area contributed by atoms with Crippen LogP contribution in [0.25, 0.3) is 0 Å². The van der Waals surface area contributed by atoms with Crippen LogP contribution in [0.5, 0.6) is 0 Å². The summed E-state index contributed by atoms with van der Waals surface area (Å²) in [7, 11) is -3.70. The van der Waals surface area contributed by atoms with Gasteiger partial charge in [-0.25, -0.2) is 8.42 Å². The topological polar surface area (TPSA) is 92.7 Å². The lowest BCUT2D eigenvalue weighted by Crippen LogP contribution is -2.14. The van der Waals surface area contributed by atoms with Gasteiger partial charge in [-0.05, 0) is 31.9 Å². The van der Waals surface area contributed by atoms with Gasteiger partial charge in [0.05, 0.1) is 29.8 Å².